The summed E-state index contributed by atoms with van der Waals surface area (Å²) >= 11 is 0. The second-order valence-electron chi connectivity index (χ2n) is 5.77. The van der Waals surface area contributed by atoms with Gasteiger partial charge < -0.3 is 14.8 Å². The highest BCUT2D eigenvalue weighted by Crippen LogP contribution is 2.16. The molecule has 0 saturated heterocycles. The zero-order chi connectivity index (χ0) is 19.5. The number of hydrogen-bond acceptors (Lipinski definition) is 5. The van der Waals surface area contributed by atoms with Crippen molar-refractivity contribution in [3.8, 4) is 5.75 Å². The quantitative estimate of drug-likeness (QED) is 0.568. The van der Waals surface area contributed by atoms with Crippen LogP contribution < -0.4 is 14.8 Å². The molecule has 0 aliphatic rings. The van der Waals surface area contributed by atoms with Gasteiger partial charge in [-0.2, -0.15) is 0 Å². The first-order chi connectivity index (χ1) is 13.0. The van der Waals surface area contributed by atoms with Gasteiger partial charge in [-0.15, -0.1) is 0 Å². The van der Waals surface area contributed by atoms with Gasteiger partial charge in [-0.3, -0.25) is 4.79 Å². The molecule has 1 amide bonds. The number of carbonyl (C=O) groups excluding carboxylic acids is 1. The summed E-state index contributed by atoms with van der Waals surface area (Å²) < 4.78 is 37.5. The van der Waals surface area contributed by atoms with E-state index in [1.54, 1.807) is 7.11 Å². The minimum atomic E-state index is -3.62. The molecule has 0 aliphatic heterocycles. The number of ether oxygens (including phenoxy) is 2. The second-order valence-corrected chi connectivity index (χ2v) is 7.53. The molecule has 0 aliphatic carbocycles. The fourth-order valence-corrected chi connectivity index (χ4v) is 3.23. The van der Waals surface area contributed by atoms with E-state index in [1.807, 2.05) is 30.3 Å². The van der Waals surface area contributed by atoms with E-state index in [9.17, 15) is 13.2 Å². The minimum Gasteiger partial charge on any atom is -0.484 e. The molecule has 2 N–H and O–H groups in total. The van der Waals surface area contributed by atoms with E-state index in [0.29, 0.717) is 18.9 Å². The third-order valence-electron chi connectivity index (χ3n) is 3.66. The number of sulfonamides is 1. The van der Waals surface area contributed by atoms with E-state index in [0.717, 1.165) is 12.0 Å². The van der Waals surface area contributed by atoms with Crippen LogP contribution in [-0.2, 0) is 26.1 Å². The number of amides is 1. The molecule has 0 bridgehead atoms. The van der Waals surface area contributed by atoms with Crippen molar-refractivity contribution in [2.24, 2.45) is 0 Å². The maximum absolute atomic E-state index is 12.3. The van der Waals surface area contributed by atoms with Crippen molar-refractivity contribution in [3.05, 3.63) is 60.2 Å². The van der Waals surface area contributed by atoms with Gasteiger partial charge >= 0.3 is 0 Å². The molecule has 0 atom stereocenters. The van der Waals surface area contributed by atoms with Crippen LogP contribution in [0.25, 0.3) is 0 Å². The van der Waals surface area contributed by atoms with Gasteiger partial charge in [-0.05, 0) is 36.2 Å². The van der Waals surface area contributed by atoms with Crippen LogP contribution >= 0.6 is 0 Å². The molecule has 0 unspecified atom stereocenters. The molecule has 27 heavy (non-hydrogen) atoms. The molecule has 7 nitrogen and oxygen atoms in total. The van der Waals surface area contributed by atoms with Crippen LogP contribution in [0.1, 0.15) is 12.0 Å². The van der Waals surface area contributed by atoms with Gasteiger partial charge in [0.05, 0.1) is 4.90 Å². The molecule has 0 fully saturated rings. The number of rotatable bonds is 11. The van der Waals surface area contributed by atoms with Crippen molar-refractivity contribution < 1.29 is 22.7 Å². The van der Waals surface area contributed by atoms with Gasteiger partial charge in [0.2, 0.25) is 10.0 Å². The number of hydrogen-bond donors (Lipinski definition) is 2. The summed E-state index contributed by atoms with van der Waals surface area (Å²) in [6.45, 7) is 1.17. The van der Waals surface area contributed by atoms with Crippen molar-refractivity contribution in [1.82, 2.24) is 10.0 Å². The summed E-state index contributed by atoms with van der Waals surface area (Å²) in [6, 6.07) is 15.2. The van der Waals surface area contributed by atoms with Crippen LogP contribution in [0.2, 0.25) is 0 Å². The molecule has 2 aromatic carbocycles. The Balaban J connectivity index is 1.82. The summed E-state index contributed by atoms with van der Waals surface area (Å²) in [4.78, 5) is 11.8. The van der Waals surface area contributed by atoms with Gasteiger partial charge in [-0.25, -0.2) is 13.1 Å². The van der Waals surface area contributed by atoms with Gasteiger partial charge in [0.15, 0.2) is 6.61 Å². The van der Waals surface area contributed by atoms with E-state index in [1.165, 1.54) is 24.3 Å². The monoisotopic (exact) mass is 392 g/mol. The molecule has 0 saturated carbocycles. The maximum atomic E-state index is 12.3. The van der Waals surface area contributed by atoms with E-state index in [2.05, 4.69) is 10.0 Å². The summed E-state index contributed by atoms with van der Waals surface area (Å²) in [5.74, 6) is 0.177. The highest BCUT2D eigenvalue weighted by Gasteiger charge is 2.13. The smallest absolute Gasteiger partial charge is 0.257 e. The zero-order valence-electron chi connectivity index (χ0n) is 15.2. The lowest BCUT2D eigenvalue weighted by atomic mass is 10.2. The predicted octanol–water partition coefficient (Wildman–Crippen LogP) is 1.70. The van der Waals surface area contributed by atoms with Crippen LogP contribution in [-0.4, -0.2) is 41.2 Å². The molecule has 146 valence electrons. The molecule has 2 rings (SSSR count). The van der Waals surface area contributed by atoms with E-state index >= 15 is 0 Å². The second kappa shape index (κ2) is 10.7. The lowest BCUT2D eigenvalue weighted by Gasteiger charge is -2.09. The first-order valence-corrected chi connectivity index (χ1v) is 10.0. The Labute approximate surface area is 159 Å². The normalized spacial score (nSPS) is 11.1. The van der Waals surface area contributed by atoms with Crippen LogP contribution in [0.15, 0.2) is 59.5 Å². The third kappa shape index (κ3) is 7.38. The zero-order valence-corrected chi connectivity index (χ0v) is 16.0. The van der Waals surface area contributed by atoms with Gasteiger partial charge in [-0.1, -0.05) is 30.3 Å². The average molecular weight is 392 g/mol. The summed E-state index contributed by atoms with van der Waals surface area (Å²) in [5, 5.41) is 2.71. The van der Waals surface area contributed by atoms with Crippen LogP contribution in [0, 0.1) is 0 Å². The molecule has 0 aromatic heterocycles. The van der Waals surface area contributed by atoms with Crippen molar-refractivity contribution in [2.45, 2.75) is 17.9 Å². The van der Waals surface area contributed by atoms with Crippen LogP contribution in [0.4, 0.5) is 0 Å². The SMILES string of the molecule is COCCCNC(=O)COc1ccc(S(=O)(=O)NCc2ccccc2)cc1. The molecule has 2 aromatic rings. The minimum absolute atomic E-state index is 0.134. The highest BCUT2D eigenvalue weighted by atomic mass is 32.2. The summed E-state index contributed by atoms with van der Waals surface area (Å²) in [7, 11) is -2.02. The fraction of sp³-hybridized carbons (Fsp3) is 0.316. The largest absolute Gasteiger partial charge is 0.484 e. The summed E-state index contributed by atoms with van der Waals surface area (Å²) in [5.41, 5.74) is 0.873. The molecule has 0 heterocycles. The van der Waals surface area contributed by atoms with E-state index in [-0.39, 0.29) is 24.0 Å². The van der Waals surface area contributed by atoms with Crippen LogP contribution in [0.3, 0.4) is 0 Å². The highest BCUT2D eigenvalue weighted by molar-refractivity contribution is 7.89. The Morgan fingerprint density at radius 2 is 1.74 bits per heavy atom. The van der Waals surface area contributed by atoms with Crippen molar-refractivity contribution in [3.63, 3.8) is 0 Å². The number of methoxy groups -OCH3 is 1. The Morgan fingerprint density at radius 1 is 1.04 bits per heavy atom. The predicted molar refractivity (Wildman–Crippen MR) is 102 cm³/mol. The molecule has 0 radical (unpaired) electrons. The molecule has 0 spiro atoms. The standard InChI is InChI=1S/C19H24N2O5S/c1-25-13-5-12-20-19(22)15-26-17-8-10-18(11-9-17)27(23,24)21-14-16-6-3-2-4-7-16/h2-4,6-11,21H,5,12-15H2,1H3,(H,20,22). The van der Waals surface area contributed by atoms with Crippen molar-refractivity contribution >= 4 is 15.9 Å². The third-order valence-corrected chi connectivity index (χ3v) is 5.08. The van der Waals surface area contributed by atoms with Gasteiger partial charge in [0.25, 0.3) is 5.91 Å². The van der Waals surface area contributed by atoms with Crippen molar-refractivity contribution in [2.75, 3.05) is 26.9 Å². The Morgan fingerprint density at radius 3 is 2.41 bits per heavy atom. The van der Waals surface area contributed by atoms with Gasteiger partial charge in [0, 0.05) is 26.8 Å². The number of benzene rings is 2. The van der Waals surface area contributed by atoms with Crippen LogP contribution in [0.5, 0.6) is 5.75 Å². The first-order valence-electron chi connectivity index (χ1n) is 8.53. The molecular formula is C19H24N2O5S. The van der Waals surface area contributed by atoms with E-state index in [4.69, 9.17) is 9.47 Å². The molecular weight excluding hydrogens is 368 g/mol. The Hall–Kier alpha value is -2.42. The average Bonchev–Trinajstić information content (AvgIpc) is 2.69. The fourth-order valence-electron chi connectivity index (χ4n) is 2.22. The van der Waals surface area contributed by atoms with Gasteiger partial charge in [0.1, 0.15) is 5.75 Å². The lowest BCUT2D eigenvalue weighted by Crippen LogP contribution is -2.30. The molecule has 8 heteroatoms. The Bertz CT molecular complexity index is 808. The topological polar surface area (TPSA) is 93.7 Å². The first kappa shape index (κ1) is 20.9. The van der Waals surface area contributed by atoms with E-state index < -0.39 is 10.0 Å². The Kier molecular flexibility index (Phi) is 8.25. The lowest BCUT2D eigenvalue weighted by molar-refractivity contribution is -0.123. The number of carbonyl (C=O) groups is 1. The number of nitrogens with one attached hydrogen (secondary N) is 2. The maximum Gasteiger partial charge on any atom is 0.257 e. The summed E-state index contributed by atoms with van der Waals surface area (Å²) in [6.07, 6.45) is 0.727. The van der Waals surface area contributed by atoms with Crippen molar-refractivity contribution in [1.29, 1.82) is 0 Å².